The summed E-state index contributed by atoms with van der Waals surface area (Å²) < 4.78 is 16.6. The highest BCUT2D eigenvalue weighted by atomic mass is 16.6. The van der Waals surface area contributed by atoms with Crippen LogP contribution in [0.15, 0.2) is 78.9 Å². The number of benzene rings is 3. The second kappa shape index (κ2) is 10.7. The molecule has 2 amide bonds. The number of imide groups is 1. The molecule has 0 radical (unpaired) electrons. The van der Waals surface area contributed by atoms with Gasteiger partial charge in [0.1, 0.15) is 13.2 Å². The Labute approximate surface area is 193 Å². The van der Waals surface area contributed by atoms with Crippen molar-refractivity contribution in [3.05, 3.63) is 95.6 Å². The first-order chi connectivity index (χ1) is 16.1. The van der Waals surface area contributed by atoms with Gasteiger partial charge in [0, 0.05) is 6.42 Å². The lowest BCUT2D eigenvalue weighted by molar-refractivity contribution is -0.129. The van der Waals surface area contributed by atoms with Gasteiger partial charge in [-0.25, -0.2) is 9.69 Å². The van der Waals surface area contributed by atoms with E-state index < -0.39 is 6.09 Å². The predicted molar refractivity (Wildman–Crippen MR) is 124 cm³/mol. The Morgan fingerprint density at radius 2 is 1.64 bits per heavy atom. The third kappa shape index (κ3) is 5.71. The minimum absolute atomic E-state index is 0.199. The number of hydrogen-bond donors (Lipinski definition) is 0. The van der Waals surface area contributed by atoms with Crippen LogP contribution < -0.4 is 9.47 Å². The number of carbonyl (C=O) groups excluding carboxylic acids is 2. The molecule has 3 aromatic rings. The first-order valence-corrected chi connectivity index (χ1v) is 11.0. The van der Waals surface area contributed by atoms with Crippen molar-refractivity contribution in [2.45, 2.75) is 31.9 Å². The average Bonchev–Trinajstić information content (AvgIpc) is 3.22. The largest absolute Gasteiger partial charge is 0.493 e. The second-order valence-electron chi connectivity index (χ2n) is 7.94. The van der Waals surface area contributed by atoms with Gasteiger partial charge >= 0.3 is 6.09 Å². The van der Waals surface area contributed by atoms with E-state index in [9.17, 15) is 9.59 Å². The molecule has 1 heterocycles. The van der Waals surface area contributed by atoms with Crippen LogP contribution in [0.1, 0.15) is 23.1 Å². The highest BCUT2D eigenvalue weighted by molar-refractivity contribution is 5.93. The maximum Gasteiger partial charge on any atom is 0.416 e. The molecule has 0 N–H and O–H groups in total. The quantitative estimate of drug-likeness (QED) is 0.474. The van der Waals surface area contributed by atoms with Gasteiger partial charge in [-0.05, 0) is 41.7 Å². The zero-order valence-electron chi connectivity index (χ0n) is 18.6. The zero-order chi connectivity index (χ0) is 23.0. The van der Waals surface area contributed by atoms with Crippen molar-refractivity contribution in [1.82, 2.24) is 4.90 Å². The monoisotopic (exact) mass is 445 g/mol. The predicted octanol–water partition coefficient (Wildman–Crippen LogP) is 4.80. The van der Waals surface area contributed by atoms with Crippen LogP contribution in [-0.4, -0.2) is 36.7 Å². The fourth-order valence-corrected chi connectivity index (χ4v) is 3.90. The maximum atomic E-state index is 12.9. The molecule has 0 saturated carbocycles. The third-order valence-electron chi connectivity index (χ3n) is 5.64. The van der Waals surface area contributed by atoms with Crippen LogP contribution in [0, 0.1) is 0 Å². The van der Waals surface area contributed by atoms with Crippen molar-refractivity contribution in [1.29, 1.82) is 0 Å². The van der Waals surface area contributed by atoms with Crippen molar-refractivity contribution < 1.29 is 23.8 Å². The van der Waals surface area contributed by atoms with E-state index in [1.807, 2.05) is 78.9 Å². The molecule has 3 aromatic carbocycles. The summed E-state index contributed by atoms with van der Waals surface area (Å²) in [6.07, 6.45) is 0.692. The molecule has 0 aromatic heterocycles. The number of aryl methyl sites for hydroxylation is 1. The van der Waals surface area contributed by atoms with Gasteiger partial charge in [0.25, 0.3) is 0 Å². The van der Waals surface area contributed by atoms with Crippen LogP contribution in [-0.2, 0) is 29.0 Å². The zero-order valence-corrected chi connectivity index (χ0v) is 18.6. The van der Waals surface area contributed by atoms with E-state index in [1.54, 1.807) is 7.11 Å². The average molecular weight is 446 g/mol. The number of amides is 2. The van der Waals surface area contributed by atoms with Gasteiger partial charge < -0.3 is 14.2 Å². The van der Waals surface area contributed by atoms with Crippen molar-refractivity contribution in [2.24, 2.45) is 0 Å². The molecule has 0 spiro atoms. The number of cyclic esters (lactones) is 1. The summed E-state index contributed by atoms with van der Waals surface area (Å²) in [5.41, 5.74) is 3.05. The maximum absolute atomic E-state index is 12.9. The lowest BCUT2D eigenvalue weighted by atomic mass is 10.0. The molecule has 1 aliphatic heterocycles. The van der Waals surface area contributed by atoms with Gasteiger partial charge in [-0.3, -0.25) is 4.79 Å². The first-order valence-electron chi connectivity index (χ1n) is 11.0. The topological polar surface area (TPSA) is 65.1 Å². The molecule has 1 atom stereocenters. The minimum atomic E-state index is -0.567. The molecule has 1 fully saturated rings. The van der Waals surface area contributed by atoms with Crippen molar-refractivity contribution in [3.63, 3.8) is 0 Å². The molecule has 1 saturated heterocycles. The van der Waals surface area contributed by atoms with Crippen molar-refractivity contribution >= 4 is 12.0 Å². The molecule has 6 heteroatoms. The number of rotatable bonds is 9. The van der Waals surface area contributed by atoms with Crippen LogP contribution >= 0.6 is 0 Å². The van der Waals surface area contributed by atoms with E-state index in [-0.39, 0.29) is 25.0 Å². The summed E-state index contributed by atoms with van der Waals surface area (Å²) in [5, 5.41) is 0. The molecule has 0 unspecified atom stereocenters. The Hall–Kier alpha value is -3.80. The Balaban J connectivity index is 1.39. The third-order valence-corrected chi connectivity index (χ3v) is 5.64. The first kappa shape index (κ1) is 22.4. The minimum Gasteiger partial charge on any atom is -0.493 e. The van der Waals surface area contributed by atoms with Gasteiger partial charge in [0.2, 0.25) is 5.91 Å². The van der Waals surface area contributed by atoms with Crippen molar-refractivity contribution in [3.8, 4) is 11.5 Å². The summed E-state index contributed by atoms with van der Waals surface area (Å²) in [7, 11) is 1.60. The van der Waals surface area contributed by atoms with Crippen LogP contribution in [0.2, 0.25) is 0 Å². The summed E-state index contributed by atoms with van der Waals surface area (Å²) >= 11 is 0. The van der Waals surface area contributed by atoms with Gasteiger partial charge in [0.05, 0.1) is 13.2 Å². The summed E-state index contributed by atoms with van der Waals surface area (Å²) in [5.74, 6) is 1.02. The smallest absolute Gasteiger partial charge is 0.416 e. The highest BCUT2D eigenvalue weighted by Crippen LogP contribution is 2.29. The van der Waals surface area contributed by atoms with E-state index in [4.69, 9.17) is 14.2 Å². The molecule has 1 aliphatic rings. The van der Waals surface area contributed by atoms with E-state index >= 15 is 0 Å². The normalized spacial score (nSPS) is 15.2. The lowest BCUT2D eigenvalue weighted by Gasteiger charge is -2.20. The molecular weight excluding hydrogens is 418 g/mol. The molecule has 4 rings (SSSR count). The summed E-state index contributed by atoms with van der Waals surface area (Å²) in [6, 6.07) is 25.0. The molecule has 0 aliphatic carbocycles. The van der Waals surface area contributed by atoms with E-state index in [1.165, 1.54) is 4.90 Å². The van der Waals surface area contributed by atoms with Crippen LogP contribution in [0.3, 0.4) is 0 Å². The van der Waals surface area contributed by atoms with Gasteiger partial charge in [-0.1, -0.05) is 66.7 Å². The molecule has 0 bridgehead atoms. The summed E-state index contributed by atoms with van der Waals surface area (Å²) in [4.78, 5) is 26.4. The standard InChI is InChI=1S/C27H27NO5/c1-31-24-14-12-21(17-25(24)32-18-22-10-6-3-7-11-22)13-15-26(29)28-23(19-33-27(28)30)16-20-8-4-2-5-9-20/h2-12,14,17,23H,13,15-16,18-19H2,1H3/t23-/m0/s1. The number of ether oxygens (including phenoxy) is 3. The highest BCUT2D eigenvalue weighted by Gasteiger charge is 2.37. The fourth-order valence-electron chi connectivity index (χ4n) is 3.90. The molecular formula is C27H27NO5. The Morgan fingerprint density at radius 1 is 0.939 bits per heavy atom. The van der Waals surface area contributed by atoms with Crippen molar-refractivity contribution in [2.75, 3.05) is 13.7 Å². The van der Waals surface area contributed by atoms with Gasteiger partial charge in [-0.2, -0.15) is 0 Å². The lowest BCUT2D eigenvalue weighted by Crippen LogP contribution is -2.40. The Morgan fingerprint density at radius 3 is 2.33 bits per heavy atom. The van der Waals surface area contributed by atoms with Crippen LogP contribution in [0.25, 0.3) is 0 Å². The fraction of sp³-hybridized carbons (Fsp3) is 0.259. The number of hydrogen-bond acceptors (Lipinski definition) is 5. The van der Waals surface area contributed by atoms with Gasteiger partial charge in [0.15, 0.2) is 11.5 Å². The van der Waals surface area contributed by atoms with E-state index in [2.05, 4.69) is 0 Å². The molecule has 6 nitrogen and oxygen atoms in total. The SMILES string of the molecule is COc1ccc(CCC(=O)N2C(=O)OC[C@@H]2Cc2ccccc2)cc1OCc1ccccc1. The van der Waals surface area contributed by atoms with Crippen LogP contribution in [0.4, 0.5) is 4.79 Å². The van der Waals surface area contributed by atoms with E-state index in [0.29, 0.717) is 30.9 Å². The summed E-state index contributed by atoms with van der Waals surface area (Å²) in [6.45, 7) is 0.639. The van der Waals surface area contributed by atoms with Crippen LogP contribution in [0.5, 0.6) is 11.5 Å². The Bertz CT molecular complexity index is 1080. The van der Waals surface area contributed by atoms with Gasteiger partial charge in [-0.15, -0.1) is 0 Å². The number of methoxy groups -OCH3 is 1. The molecule has 33 heavy (non-hydrogen) atoms. The Kier molecular flexibility index (Phi) is 7.25. The van der Waals surface area contributed by atoms with E-state index in [0.717, 1.165) is 16.7 Å². The number of carbonyl (C=O) groups is 2. The number of nitrogens with zero attached hydrogens (tertiary/aromatic N) is 1. The molecule has 170 valence electrons. The second-order valence-corrected chi connectivity index (χ2v) is 7.94.